The number of nitrogens with one attached hydrogen (secondary N) is 1. The Kier molecular flexibility index (Phi) is 5.22. The summed E-state index contributed by atoms with van der Waals surface area (Å²) in [6.07, 6.45) is 2.89. The molecule has 0 heterocycles. The van der Waals surface area contributed by atoms with Crippen LogP contribution in [0.25, 0.3) is 0 Å². The van der Waals surface area contributed by atoms with Crippen LogP contribution in [0, 0.1) is 10.1 Å². The van der Waals surface area contributed by atoms with Crippen LogP contribution in [0.5, 0.6) is 0 Å². The van der Waals surface area contributed by atoms with E-state index in [9.17, 15) is 10.1 Å². The second kappa shape index (κ2) is 7.13. The maximum absolute atomic E-state index is 10.9. The van der Waals surface area contributed by atoms with Gasteiger partial charge in [0.15, 0.2) is 0 Å². The number of non-ortho nitro benzene ring substituents is 1. The standard InChI is InChI=1S/C16H18N2O2S/c1-3-16(12-5-4-6-14(11-12)18(19)20)17-13-7-9-15(21-2)10-8-13/h4-11,16-17H,3H2,1-2H3. The molecule has 2 aromatic carbocycles. The molecular weight excluding hydrogens is 284 g/mol. The van der Waals surface area contributed by atoms with Crippen molar-refractivity contribution in [3.8, 4) is 0 Å². The second-order valence-electron chi connectivity index (χ2n) is 4.69. The van der Waals surface area contributed by atoms with Gasteiger partial charge in [0.1, 0.15) is 0 Å². The summed E-state index contributed by atoms with van der Waals surface area (Å²) in [5.41, 5.74) is 2.08. The average Bonchev–Trinajstić information content (AvgIpc) is 2.53. The Morgan fingerprint density at radius 1 is 1.24 bits per heavy atom. The Bertz CT molecular complexity index is 614. The van der Waals surface area contributed by atoms with Crippen molar-refractivity contribution in [1.82, 2.24) is 0 Å². The van der Waals surface area contributed by atoms with Crippen molar-refractivity contribution in [2.45, 2.75) is 24.3 Å². The van der Waals surface area contributed by atoms with Crippen molar-refractivity contribution in [1.29, 1.82) is 0 Å². The second-order valence-corrected chi connectivity index (χ2v) is 5.57. The highest BCUT2D eigenvalue weighted by atomic mass is 32.2. The molecule has 0 bridgehead atoms. The molecule has 2 aromatic rings. The maximum Gasteiger partial charge on any atom is 0.269 e. The van der Waals surface area contributed by atoms with Crippen molar-refractivity contribution in [3.05, 3.63) is 64.2 Å². The summed E-state index contributed by atoms with van der Waals surface area (Å²) in [5, 5.41) is 14.3. The summed E-state index contributed by atoms with van der Waals surface area (Å²) >= 11 is 1.70. The number of nitro groups is 1. The van der Waals surface area contributed by atoms with E-state index in [0.29, 0.717) is 0 Å². The largest absolute Gasteiger partial charge is 0.378 e. The monoisotopic (exact) mass is 302 g/mol. The van der Waals surface area contributed by atoms with Gasteiger partial charge in [0.2, 0.25) is 0 Å². The molecule has 1 atom stereocenters. The highest BCUT2D eigenvalue weighted by molar-refractivity contribution is 7.98. The summed E-state index contributed by atoms with van der Waals surface area (Å²) < 4.78 is 0. The van der Waals surface area contributed by atoms with Crippen molar-refractivity contribution < 1.29 is 4.92 Å². The number of hydrogen-bond donors (Lipinski definition) is 1. The van der Waals surface area contributed by atoms with Crippen LogP contribution in [0.2, 0.25) is 0 Å². The number of hydrogen-bond acceptors (Lipinski definition) is 4. The summed E-state index contributed by atoms with van der Waals surface area (Å²) in [6.45, 7) is 2.06. The predicted octanol–water partition coefficient (Wildman–Crippen LogP) is 4.88. The molecule has 21 heavy (non-hydrogen) atoms. The minimum atomic E-state index is -0.358. The van der Waals surface area contributed by atoms with E-state index in [4.69, 9.17) is 0 Å². The molecule has 0 saturated heterocycles. The zero-order chi connectivity index (χ0) is 15.2. The lowest BCUT2D eigenvalue weighted by atomic mass is 10.0. The van der Waals surface area contributed by atoms with Gasteiger partial charge in [0.25, 0.3) is 5.69 Å². The van der Waals surface area contributed by atoms with E-state index in [-0.39, 0.29) is 16.7 Å². The molecule has 0 aliphatic carbocycles. The summed E-state index contributed by atoms with van der Waals surface area (Å²) in [7, 11) is 0. The first-order valence-electron chi connectivity index (χ1n) is 6.79. The van der Waals surface area contributed by atoms with Crippen molar-refractivity contribution in [2.75, 3.05) is 11.6 Å². The van der Waals surface area contributed by atoms with Crippen molar-refractivity contribution >= 4 is 23.1 Å². The molecule has 0 aliphatic rings. The van der Waals surface area contributed by atoms with E-state index < -0.39 is 0 Å². The van der Waals surface area contributed by atoms with Gasteiger partial charge in [-0.2, -0.15) is 0 Å². The molecule has 5 heteroatoms. The Morgan fingerprint density at radius 3 is 2.52 bits per heavy atom. The van der Waals surface area contributed by atoms with Gasteiger partial charge in [0.05, 0.1) is 11.0 Å². The van der Waals surface area contributed by atoms with Crippen LogP contribution in [0.15, 0.2) is 53.4 Å². The minimum absolute atomic E-state index is 0.0602. The zero-order valence-electron chi connectivity index (χ0n) is 12.1. The van der Waals surface area contributed by atoms with Crippen molar-refractivity contribution in [2.24, 2.45) is 0 Å². The van der Waals surface area contributed by atoms with Gasteiger partial charge < -0.3 is 5.32 Å². The van der Waals surface area contributed by atoms with E-state index in [0.717, 1.165) is 17.7 Å². The van der Waals surface area contributed by atoms with E-state index in [1.54, 1.807) is 23.9 Å². The summed E-state index contributed by atoms with van der Waals surface area (Å²) in [4.78, 5) is 11.7. The van der Waals surface area contributed by atoms with Gasteiger partial charge in [-0.25, -0.2) is 0 Å². The number of anilines is 1. The lowest BCUT2D eigenvalue weighted by molar-refractivity contribution is -0.384. The Labute approximate surface area is 128 Å². The molecule has 0 radical (unpaired) electrons. The molecule has 0 aromatic heterocycles. The third kappa shape index (κ3) is 3.98. The quantitative estimate of drug-likeness (QED) is 0.469. The number of thioether (sulfide) groups is 1. The fourth-order valence-electron chi connectivity index (χ4n) is 2.16. The van der Waals surface area contributed by atoms with Crippen LogP contribution < -0.4 is 5.32 Å². The SMILES string of the molecule is CCC(Nc1ccc(SC)cc1)c1cccc([N+](=O)[O-])c1. The van der Waals surface area contributed by atoms with Crippen LogP contribution in [0.4, 0.5) is 11.4 Å². The Morgan fingerprint density at radius 2 is 1.95 bits per heavy atom. The molecular formula is C16H18N2O2S. The first-order valence-corrected chi connectivity index (χ1v) is 8.01. The van der Waals surface area contributed by atoms with E-state index >= 15 is 0 Å². The van der Waals surface area contributed by atoms with E-state index in [2.05, 4.69) is 24.4 Å². The zero-order valence-corrected chi connectivity index (χ0v) is 12.9. The van der Waals surface area contributed by atoms with Crippen LogP contribution in [-0.4, -0.2) is 11.2 Å². The minimum Gasteiger partial charge on any atom is -0.378 e. The van der Waals surface area contributed by atoms with Gasteiger partial charge in [-0.15, -0.1) is 11.8 Å². The predicted molar refractivity (Wildman–Crippen MR) is 88.0 cm³/mol. The highest BCUT2D eigenvalue weighted by Gasteiger charge is 2.13. The fourth-order valence-corrected chi connectivity index (χ4v) is 2.57. The van der Waals surface area contributed by atoms with Crippen LogP contribution in [0.1, 0.15) is 24.9 Å². The van der Waals surface area contributed by atoms with Crippen LogP contribution in [0.3, 0.4) is 0 Å². The fraction of sp³-hybridized carbons (Fsp3) is 0.250. The molecule has 0 amide bonds. The molecule has 2 rings (SSSR count). The molecule has 0 fully saturated rings. The Balaban J connectivity index is 2.18. The van der Waals surface area contributed by atoms with E-state index in [1.165, 1.54) is 11.0 Å². The topological polar surface area (TPSA) is 55.2 Å². The number of nitrogens with zero attached hydrogens (tertiary/aromatic N) is 1. The van der Waals surface area contributed by atoms with Crippen LogP contribution >= 0.6 is 11.8 Å². The van der Waals surface area contributed by atoms with E-state index in [1.807, 2.05) is 24.5 Å². The Hall–Kier alpha value is -2.01. The molecule has 1 unspecified atom stereocenters. The van der Waals surface area contributed by atoms with Gasteiger partial charge in [0, 0.05) is 22.7 Å². The molecule has 0 saturated carbocycles. The van der Waals surface area contributed by atoms with Crippen molar-refractivity contribution in [3.63, 3.8) is 0 Å². The van der Waals surface area contributed by atoms with Gasteiger partial charge in [-0.1, -0.05) is 19.1 Å². The van der Waals surface area contributed by atoms with Gasteiger partial charge in [-0.05, 0) is 42.5 Å². The van der Waals surface area contributed by atoms with Gasteiger partial charge >= 0.3 is 0 Å². The molecule has 0 aliphatic heterocycles. The highest BCUT2D eigenvalue weighted by Crippen LogP contribution is 2.26. The lowest BCUT2D eigenvalue weighted by Crippen LogP contribution is -2.09. The lowest BCUT2D eigenvalue weighted by Gasteiger charge is -2.19. The normalized spacial score (nSPS) is 11.9. The third-order valence-electron chi connectivity index (χ3n) is 3.32. The molecule has 4 nitrogen and oxygen atoms in total. The first-order chi connectivity index (χ1) is 10.1. The molecule has 110 valence electrons. The summed E-state index contributed by atoms with van der Waals surface area (Å²) in [6, 6.07) is 15.1. The first kappa shape index (κ1) is 15.4. The third-order valence-corrected chi connectivity index (χ3v) is 4.07. The maximum atomic E-state index is 10.9. The number of rotatable bonds is 6. The molecule has 0 spiro atoms. The number of nitro benzene ring substituents is 1. The van der Waals surface area contributed by atoms with Gasteiger partial charge in [-0.3, -0.25) is 10.1 Å². The van der Waals surface area contributed by atoms with Crippen LogP contribution in [-0.2, 0) is 0 Å². The smallest absolute Gasteiger partial charge is 0.269 e. The average molecular weight is 302 g/mol. The molecule has 1 N–H and O–H groups in total. The number of benzene rings is 2. The summed E-state index contributed by atoms with van der Waals surface area (Å²) in [5.74, 6) is 0.